The molecule has 2 rings (SSSR count). The molecule has 1 aliphatic rings. The zero-order chi connectivity index (χ0) is 14.5. The summed E-state index contributed by atoms with van der Waals surface area (Å²) in [6, 6.07) is 2.10. The van der Waals surface area contributed by atoms with Gasteiger partial charge in [-0.15, -0.1) is 0 Å². The minimum atomic E-state index is 0.563. The average molecular weight is 275 g/mol. The van der Waals surface area contributed by atoms with Gasteiger partial charge in [0.25, 0.3) is 0 Å². The molecule has 0 saturated heterocycles. The first-order valence-electron chi connectivity index (χ1n) is 8.18. The third-order valence-corrected chi connectivity index (χ3v) is 4.40. The van der Waals surface area contributed by atoms with Gasteiger partial charge in [-0.25, -0.2) is 9.97 Å². The molecule has 1 aromatic heterocycles. The van der Waals surface area contributed by atoms with E-state index in [0.29, 0.717) is 11.8 Å². The van der Waals surface area contributed by atoms with E-state index in [1.807, 2.05) is 7.05 Å². The quantitative estimate of drug-likeness (QED) is 0.865. The molecular formula is C17H29N3. The molecule has 0 amide bonds. The third kappa shape index (κ3) is 3.94. The van der Waals surface area contributed by atoms with Gasteiger partial charge in [0.1, 0.15) is 11.6 Å². The molecule has 0 aromatic carbocycles. The minimum absolute atomic E-state index is 0.563. The summed E-state index contributed by atoms with van der Waals surface area (Å²) in [5.74, 6) is 4.11. The minimum Gasteiger partial charge on any atom is -0.373 e. The highest BCUT2D eigenvalue weighted by Gasteiger charge is 2.24. The predicted molar refractivity (Wildman–Crippen MR) is 85.1 cm³/mol. The lowest BCUT2D eigenvalue weighted by molar-refractivity contribution is 0.307. The molecule has 1 heterocycles. The fourth-order valence-corrected chi connectivity index (χ4v) is 3.25. The second-order valence-electron chi connectivity index (χ2n) is 6.59. The molecule has 0 aliphatic heterocycles. The van der Waals surface area contributed by atoms with Gasteiger partial charge in [0.15, 0.2) is 0 Å². The molecule has 1 saturated carbocycles. The van der Waals surface area contributed by atoms with Gasteiger partial charge in [-0.3, -0.25) is 0 Å². The molecule has 3 nitrogen and oxygen atoms in total. The van der Waals surface area contributed by atoms with Crippen molar-refractivity contribution in [2.45, 2.75) is 65.2 Å². The Balaban J connectivity index is 2.20. The number of aromatic nitrogens is 2. The Labute approximate surface area is 123 Å². The van der Waals surface area contributed by atoms with Gasteiger partial charge in [0.2, 0.25) is 0 Å². The topological polar surface area (TPSA) is 37.8 Å². The summed E-state index contributed by atoms with van der Waals surface area (Å²) < 4.78 is 0. The number of rotatable bonds is 5. The van der Waals surface area contributed by atoms with E-state index in [2.05, 4.69) is 32.2 Å². The van der Waals surface area contributed by atoms with Gasteiger partial charge >= 0.3 is 0 Å². The van der Waals surface area contributed by atoms with Crippen LogP contribution in [0.5, 0.6) is 0 Å². The van der Waals surface area contributed by atoms with E-state index in [1.165, 1.54) is 37.8 Å². The first-order chi connectivity index (χ1) is 9.62. The van der Waals surface area contributed by atoms with Gasteiger partial charge in [0.05, 0.1) is 0 Å². The van der Waals surface area contributed by atoms with E-state index in [4.69, 9.17) is 9.97 Å². The first kappa shape index (κ1) is 15.3. The summed E-state index contributed by atoms with van der Waals surface area (Å²) >= 11 is 0. The third-order valence-electron chi connectivity index (χ3n) is 4.40. The Bertz CT molecular complexity index is 428. The molecule has 1 aromatic rings. The zero-order valence-corrected chi connectivity index (χ0v) is 13.4. The fourth-order valence-electron chi connectivity index (χ4n) is 3.25. The molecule has 0 bridgehead atoms. The molecule has 112 valence electrons. The van der Waals surface area contributed by atoms with E-state index >= 15 is 0 Å². The van der Waals surface area contributed by atoms with Gasteiger partial charge < -0.3 is 5.32 Å². The molecule has 0 radical (unpaired) electrons. The summed E-state index contributed by atoms with van der Waals surface area (Å²) in [4.78, 5) is 9.59. The maximum absolute atomic E-state index is 4.86. The van der Waals surface area contributed by atoms with E-state index in [9.17, 15) is 0 Å². The van der Waals surface area contributed by atoms with Crippen molar-refractivity contribution in [1.29, 1.82) is 0 Å². The van der Waals surface area contributed by atoms with Crippen LogP contribution in [-0.2, 0) is 6.42 Å². The summed E-state index contributed by atoms with van der Waals surface area (Å²) in [6.45, 7) is 6.80. The van der Waals surface area contributed by atoms with Crippen molar-refractivity contribution in [3.63, 3.8) is 0 Å². The van der Waals surface area contributed by atoms with Crippen LogP contribution in [0.4, 0.5) is 5.82 Å². The number of nitrogens with zero attached hydrogens (tertiary/aromatic N) is 2. The molecular weight excluding hydrogens is 246 g/mol. The highest BCUT2D eigenvalue weighted by Crippen LogP contribution is 2.36. The lowest BCUT2D eigenvalue weighted by atomic mass is 9.80. The lowest BCUT2D eigenvalue weighted by Crippen LogP contribution is -2.17. The SMILES string of the molecule is CCC1CCCC(c2nc(CC(C)C)cc(NC)n2)C1. The molecule has 3 heteroatoms. The largest absolute Gasteiger partial charge is 0.373 e. The summed E-state index contributed by atoms with van der Waals surface area (Å²) in [7, 11) is 1.95. The van der Waals surface area contributed by atoms with E-state index in [1.54, 1.807) is 0 Å². The molecule has 1 N–H and O–H groups in total. The van der Waals surface area contributed by atoms with Crippen LogP contribution in [0.1, 0.15) is 70.3 Å². The number of nitrogens with one attached hydrogen (secondary N) is 1. The summed E-state index contributed by atoms with van der Waals surface area (Å²) in [5, 5.41) is 3.19. The van der Waals surface area contributed by atoms with Gasteiger partial charge in [0, 0.05) is 24.7 Å². The van der Waals surface area contributed by atoms with Crippen molar-refractivity contribution in [3.8, 4) is 0 Å². The fraction of sp³-hybridized carbons (Fsp3) is 0.765. The van der Waals surface area contributed by atoms with Crippen LogP contribution in [0.25, 0.3) is 0 Å². The van der Waals surface area contributed by atoms with Crippen LogP contribution < -0.4 is 5.32 Å². The van der Waals surface area contributed by atoms with Crippen LogP contribution in [0.15, 0.2) is 6.07 Å². The maximum atomic E-state index is 4.86. The molecule has 1 aliphatic carbocycles. The summed E-state index contributed by atoms with van der Waals surface area (Å²) in [5.41, 5.74) is 1.19. The Kier molecular flexibility index (Phi) is 5.38. The highest BCUT2D eigenvalue weighted by atomic mass is 15.0. The molecule has 2 atom stereocenters. The normalized spacial score (nSPS) is 23.1. The van der Waals surface area contributed by atoms with Crippen LogP contribution in [0.3, 0.4) is 0 Å². The average Bonchev–Trinajstić information content (AvgIpc) is 2.46. The van der Waals surface area contributed by atoms with Crippen molar-refractivity contribution in [3.05, 3.63) is 17.6 Å². The molecule has 1 fully saturated rings. The number of hydrogen-bond donors (Lipinski definition) is 1. The smallest absolute Gasteiger partial charge is 0.134 e. The van der Waals surface area contributed by atoms with Crippen molar-refractivity contribution in [1.82, 2.24) is 9.97 Å². The first-order valence-corrected chi connectivity index (χ1v) is 8.18. The zero-order valence-electron chi connectivity index (χ0n) is 13.4. The van der Waals surface area contributed by atoms with Crippen molar-refractivity contribution < 1.29 is 0 Å². The van der Waals surface area contributed by atoms with Crippen LogP contribution >= 0.6 is 0 Å². The van der Waals surface area contributed by atoms with Crippen molar-refractivity contribution >= 4 is 5.82 Å². The highest BCUT2D eigenvalue weighted by molar-refractivity contribution is 5.36. The van der Waals surface area contributed by atoms with Gasteiger partial charge in [-0.05, 0) is 31.1 Å². The molecule has 0 spiro atoms. The van der Waals surface area contributed by atoms with E-state index < -0.39 is 0 Å². The van der Waals surface area contributed by atoms with Crippen molar-refractivity contribution in [2.24, 2.45) is 11.8 Å². The lowest BCUT2D eigenvalue weighted by Gasteiger charge is -2.27. The Hall–Kier alpha value is -1.12. The predicted octanol–water partition coefficient (Wildman–Crippen LogP) is 4.40. The molecule has 2 unspecified atom stereocenters. The maximum Gasteiger partial charge on any atom is 0.134 e. The molecule has 20 heavy (non-hydrogen) atoms. The Morgan fingerprint density at radius 2 is 2.10 bits per heavy atom. The standard InChI is InChI=1S/C17H29N3/c1-5-13-7-6-8-14(10-13)17-19-15(9-12(2)3)11-16(18-4)20-17/h11-14H,5-10H2,1-4H3,(H,18,19,20). The van der Waals surface area contributed by atoms with E-state index in [-0.39, 0.29) is 0 Å². The van der Waals surface area contributed by atoms with Gasteiger partial charge in [-0.1, -0.05) is 40.0 Å². The second-order valence-corrected chi connectivity index (χ2v) is 6.59. The van der Waals surface area contributed by atoms with E-state index in [0.717, 1.165) is 24.0 Å². The monoisotopic (exact) mass is 275 g/mol. The Morgan fingerprint density at radius 1 is 1.30 bits per heavy atom. The summed E-state index contributed by atoms with van der Waals surface area (Å²) in [6.07, 6.45) is 7.57. The van der Waals surface area contributed by atoms with Crippen LogP contribution in [-0.4, -0.2) is 17.0 Å². The van der Waals surface area contributed by atoms with Crippen LogP contribution in [0.2, 0.25) is 0 Å². The number of hydrogen-bond acceptors (Lipinski definition) is 3. The van der Waals surface area contributed by atoms with Crippen molar-refractivity contribution in [2.75, 3.05) is 12.4 Å². The number of anilines is 1. The van der Waals surface area contributed by atoms with Gasteiger partial charge in [-0.2, -0.15) is 0 Å². The second kappa shape index (κ2) is 7.05. The Morgan fingerprint density at radius 3 is 2.75 bits per heavy atom. The van der Waals surface area contributed by atoms with Crippen LogP contribution in [0, 0.1) is 11.8 Å².